The van der Waals surface area contributed by atoms with Crippen molar-refractivity contribution < 1.29 is 4.74 Å². The molecule has 0 amide bonds. The fourth-order valence-electron chi connectivity index (χ4n) is 2.21. The van der Waals surface area contributed by atoms with E-state index in [0.29, 0.717) is 6.54 Å². The summed E-state index contributed by atoms with van der Waals surface area (Å²) in [6, 6.07) is 16.4. The van der Waals surface area contributed by atoms with Crippen LogP contribution in [0.3, 0.4) is 0 Å². The summed E-state index contributed by atoms with van der Waals surface area (Å²) in [5.74, 6) is 0.927. The molecule has 0 saturated carbocycles. The number of para-hydroxylation sites is 1. The topological polar surface area (TPSA) is 35.2 Å². The van der Waals surface area contributed by atoms with Crippen molar-refractivity contribution in [2.45, 2.75) is 6.10 Å². The van der Waals surface area contributed by atoms with Crippen molar-refractivity contribution in [1.82, 2.24) is 0 Å². The van der Waals surface area contributed by atoms with E-state index in [1.165, 1.54) is 11.1 Å². The lowest BCUT2D eigenvalue weighted by Gasteiger charge is -2.27. The van der Waals surface area contributed by atoms with Crippen LogP contribution in [0, 0.1) is 0 Å². The lowest BCUT2D eigenvalue weighted by Crippen LogP contribution is -2.22. The van der Waals surface area contributed by atoms with E-state index < -0.39 is 0 Å². The Morgan fingerprint density at radius 3 is 2.44 bits per heavy atom. The molecule has 1 atom stereocenters. The summed E-state index contributed by atoms with van der Waals surface area (Å²) in [5.41, 5.74) is 9.33. The first-order chi connectivity index (χ1) is 7.90. The van der Waals surface area contributed by atoms with Gasteiger partial charge in [-0.25, -0.2) is 0 Å². The van der Waals surface area contributed by atoms with Gasteiger partial charge in [-0.15, -0.1) is 0 Å². The summed E-state index contributed by atoms with van der Waals surface area (Å²) < 4.78 is 5.88. The first kappa shape index (κ1) is 9.43. The van der Waals surface area contributed by atoms with Gasteiger partial charge in [0.15, 0.2) is 0 Å². The number of ether oxygens (including phenoxy) is 1. The Labute approximate surface area is 94.7 Å². The Balaban J connectivity index is 2.24. The maximum Gasteiger partial charge on any atom is 0.137 e. The van der Waals surface area contributed by atoms with Crippen molar-refractivity contribution in [3.63, 3.8) is 0 Å². The second-order valence-electron chi connectivity index (χ2n) is 3.93. The van der Waals surface area contributed by atoms with Crippen LogP contribution in [-0.2, 0) is 0 Å². The van der Waals surface area contributed by atoms with E-state index in [9.17, 15) is 0 Å². The van der Waals surface area contributed by atoms with E-state index in [0.717, 1.165) is 11.3 Å². The van der Waals surface area contributed by atoms with Crippen molar-refractivity contribution in [1.29, 1.82) is 0 Å². The van der Waals surface area contributed by atoms with Crippen LogP contribution in [0.4, 0.5) is 0 Å². The molecule has 80 valence electrons. The van der Waals surface area contributed by atoms with Crippen LogP contribution in [0.25, 0.3) is 11.1 Å². The lowest BCUT2D eigenvalue weighted by molar-refractivity contribution is 0.211. The molecule has 3 rings (SSSR count). The zero-order valence-electron chi connectivity index (χ0n) is 8.89. The number of rotatable bonds is 1. The maximum atomic E-state index is 5.88. The number of benzene rings is 2. The summed E-state index contributed by atoms with van der Waals surface area (Å²) in [4.78, 5) is 0. The van der Waals surface area contributed by atoms with Crippen molar-refractivity contribution >= 4 is 0 Å². The first-order valence-electron chi connectivity index (χ1n) is 5.45. The highest BCUT2D eigenvalue weighted by Gasteiger charge is 2.23. The second kappa shape index (κ2) is 3.65. The molecule has 0 aliphatic carbocycles. The van der Waals surface area contributed by atoms with Crippen LogP contribution in [-0.4, -0.2) is 6.54 Å². The average molecular weight is 211 g/mol. The van der Waals surface area contributed by atoms with Gasteiger partial charge in [0.05, 0.1) is 0 Å². The SMILES string of the molecule is NCC1Oc2ccccc2-c2ccccc21. The van der Waals surface area contributed by atoms with Crippen LogP contribution in [0.5, 0.6) is 5.75 Å². The van der Waals surface area contributed by atoms with Crippen molar-refractivity contribution in [3.8, 4) is 16.9 Å². The van der Waals surface area contributed by atoms with Crippen LogP contribution in [0.15, 0.2) is 48.5 Å². The number of hydrogen-bond donors (Lipinski definition) is 1. The van der Waals surface area contributed by atoms with Gasteiger partial charge in [0, 0.05) is 17.7 Å². The molecule has 1 aliphatic rings. The monoisotopic (exact) mass is 211 g/mol. The Bertz CT molecular complexity index is 522. The molecular formula is C14H13NO. The van der Waals surface area contributed by atoms with Gasteiger partial charge in [0.2, 0.25) is 0 Å². The summed E-state index contributed by atoms with van der Waals surface area (Å²) >= 11 is 0. The first-order valence-corrected chi connectivity index (χ1v) is 5.45. The van der Waals surface area contributed by atoms with Gasteiger partial charge < -0.3 is 10.5 Å². The van der Waals surface area contributed by atoms with Gasteiger partial charge in [-0.3, -0.25) is 0 Å². The largest absolute Gasteiger partial charge is 0.484 e. The summed E-state index contributed by atoms with van der Waals surface area (Å²) in [5, 5.41) is 0. The van der Waals surface area contributed by atoms with Crippen LogP contribution in [0.1, 0.15) is 11.7 Å². The normalized spacial score (nSPS) is 17.2. The van der Waals surface area contributed by atoms with Gasteiger partial charge in [0.25, 0.3) is 0 Å². The minimum absolute atomic E-state index is 0.0221. The van der Waals surface area contributed by atoms with Gasteiger partial charge >= 0.3 is 0 Å². The Morgan fingerprint density at radius 1 is 0.938 bits per heavy atom. The molecule has 2 nitrogen and oxygen atoms in total. The standard InChI is InChI=1S/C14H13NO/c15-9-14-12-7-2-1-5-10(12)11-6-3-4-8-13(11)16-14/h1-8,14H,9,15H2. The third-order valence-electron chi connectivity index (χ3n) is 2.97. The van der Waals surface area contributed by atoms with Crippen molar-refractivity contribution in [2.75, 3.05) is 6.54 Å². The number of nitrogens with two attached hydrogens (primary N) is 1. The fourth-order valence-corrected chi connectivity index (χ4v) is 2.21. The van der Waals surface area contributed by atoms with E-state index in [-0.39, 0.29) is 6.10 Å². The molecule has 0 saturated heterocycles. The zero-order chi connectivity index (χ0) is 11.0. The average Bonchev–Trinajstić information content (AvgIpc) is 2.38. The van der Waals surface area contributed by atoms with Gasteiger partial charge in [-0.2, -0.15) is 0 Å². The molecule has 0 bridgehead atoms. The minimum atomic E-state index is -0.0221. The molecule has 1 heterocycles. The predicted molar refractivity (Wildman–Crippen MR) is 64.3 cm³/mol. The lowest BCUT2D eigenvalue weighted by atomic mass is 9.93. The smallest absolute Gasteiger partial charge is 0.137 e. The molecule has 2 aromatic carbocycles. The minimum Gasteiger partial charge on any atom is -0.484 e. The molecule has 16 heavy (non-hydrogen) atoms. The van der Waals surface area contributed by atoms with E-state index >= 15 is 0 Å². The quantitative estimate of drug-likeness (QED) is 0.787. The number of fused-ring (bicyclic) bond motifs is 3. The fraction of sp³-hybridized carbons (Fsp3) is 0.143. The highest BCUT2D eigenvalue weighted by Crippen LogP contribution is 2.41. The van der Waals surface area contributed by atoms with Gasteiger partial charge in [-0.05, 0) is 11.6 Å². The molecule has 0 spiro atoms. The van der Waals surface area contributed by atoms with Crippen LogP contribution < -0.4 is 10.5 Å². The highest BCUT2D eigenvalue weighted by molar-refractivity contribution is 5.75. The molecule has 0 radical (unpaired) electrons. The molecule has 0 fully saturated rings. The third kappa shape index (κ3) is 1.31. The van der Waals surface area contributed by atoms with Crippen LogP contribution in [0.2, 0.25) is 0 Å². The zero-order valence-corrected chi connectivity index (χ0v) is 8.89. The molecule has 0 aromatic heterocycles. The molecule has 2 N–H and O–H groups in total. The second-order valence-corrected chi connectivity index (χ2v) is 3.93. The highest BCUT2D eigenvalue weighted by atomic mass is 16.5. The Kier molecular flexibility index (Phi) is 2.15. The molecule has 1 aliphatic heterocycles. The van der Waals surface area contributed by atoms with E-state index in [4.69, 9.17) is 10.5 Å². The molecule has 2 heteroatoms. The van der Waals surface area contributed by atoms with Gasteiger partial charge in [0.1, 0.15) is 11.9 Å². The third-order valence-corrected chi connectivity index (χ3v) is 2.97. The van der Waals surface area contributed by atoms with E-state index in [1.807, 2.05) is 24.3 Å². The van der Waals surface area contributed by atoms with E-state index in [2.05, 4.69) is 24.3 Å². The van der Waals surface area contributed by atoms with Crippen LogP contribution >= 0.6 is 0 Å². The predicted octanol–water partition coefficient (Wildman–Crippen LogP) is 2.75. The molecular weight excluding hydrogens is 198 g/mol. The summed E-state index contributed by atoms with van der Waals surface area (Å²) in [6.45, 7) is 0.505. The van der Waals surface area contributed by atoms with Gasteiger partial charge in [-0.1, -0.05) is 42.5 Å². The van der Waals surface area contributed by atoms with Crippen molar-refractivity contribution in [2.24, 2.45) is 5.73 Å². The maximum absolute atomic E-state index is 5.88. The summed E-state index contributed by atoms with van der Waals surface area (Å²) in [7, 11) is 0. The van der Waals surface area contributed by atoms with Crippen molar-refractivity contribution in [3.05, 3.63) is 54.1 Å². The van der Waals surface area contributed by atoms with E-state index in [1.54, 1.807) is 0 Å². The summed E-state index contributed by atoms with van der Waals surface area (Å²) in [6.07, 6.45) is -0.0221. The Hall–Kier alpha value is -1.80. The molecule has 1 unspecified atom stereocenters. The Morgan fingerprint density at radius 2 is 1.62 bits per heavy atom. The number of hydrogen-bond acceptors (Lipinski definition) is 2. The molecule has 2 aromatic rings.